The van der Waals surface area contributed by atoms with Gasteiger partial charge in [0.15, 0.2) is 0 Å². The van der Waals surface area contributed by atoms with Crippen LogP contribution in [0.5, 0.6) is 0 Å². The number of aromatic amines is 1. The van der Waals surface area contributed by atoms with Crippen LogP contribution in [-0.2, 0) is 0 Å². The minimum Gasteiger partial charge on any atom is -0.354 e. The highest BCUT2D eigenvalue weighted by molar-refractivity contribution is 9.10. The van der Waals surface area contributed by atoms with E-state index < -0.39 is 0 Å². The lowest BCUT2D eigenvalue weighted by Gasteiger charge is -2.01. The van der Waals surface area contributed by atoms with E-state index in [1.165, 1.54) is 32.9 Å². The molecule has 2 heteroatoms. The minimum absolute atomic E-state index is 1.10. The Morgan fingerprint density at radius 1 is 0.650 bits per heavy atom. The molecule has 0 spiro atoms. The summed E-state index contributed by atoms with van der Waals surface area (Å²) in [5.41, 5.74) is 4.83. The van der Waals surface area contributed by atoms with Gasteiger partial charge >= 0.3 is 0 Å². The van der Waals surface area contributed by atoms with Gasteiger partial charge in [0.25, 0.3) is 0 Å². The van der Waals surface area contributed by atoms with Crippen LogP contribution in [0.4, 0.5) is 0 Å². The molecule has 0 aliphatic heterocycles. The molecule has 0 aliphatic carbocycles. The second-order valence-corrected chi connectivity index (χ2v) is 5.86. The van der Waals surface area contributed by atoms with E-state index in [1.807, 2.05) is 6.07 Å². The van der Waals surface area contributed by atoms with Gasteiger partial charge < -0.3 is 4.98 Å². The zero-order chi connectivity index (χ0) is 13.5. The van der Waals surface area contributed by atoms with Gasteiger partial charge in [0.05, 0.1) is 0 Å². The normalized spacial score (nSPS) is 11.2. The van der Waals surface area contributed by atoms with Crippen LogP contribution in [0.3, 0.4) is 0 Å². The van der Waals surface area contributed by atoms with Crippen LogP contribution in [0.1, 0.15) is 0 Å². The van der Waals surface area contributed by atoms with E-state index in [1.54, 1.807) is 0 Å². The molecule has 4 aromatic rings. The highest BCUT2D eigenvalue weighted by Gasteiger charge is 2.06. The summed E-state index contributed by atoms with van der Waals surface area (Å²) in [4.78, 5) is 3.50. The maximum absolute atomic E-state index is 3.52. The van der Waals surface area contributed by atoms with Crippen LogP contribution in [-0.4, -0.2) is 4.98 Å². The molecule has 0 unspecified atom stereocenters. The Morgan fingerprint density at radius 2 is 1.35 bits per heavy atom. The fourth-order valence-electron chi connectivity index (χ4n) is 2.69. The van der Waals surface area contributed by atoms with Crippen molar-refractivity contribution in [2.45, 2.75) is 0 Å². The van der Waals surface area contributed by atoms with E-state index >= 15 is 0 Å². The van der Waals surface area contributed by atoms with Crippen molar-refractivity contribution in [2.75, 3.05) is 0 Å². The number of halogens is 1. The summed E-state index contributed by atoms with van der Waals surface area (Å²) in [5.74, 6) is 0. The minimum atomic E-state index is 1.10. The number of hydrogen-bond acceptors (Lipinski definition) is 0. The molecular formula is C18H12BrN. The Balaban J connectivity index is 1.98. The molecule has 1 heterocycles. The standard InChI is InChI=1S/C18H12BrN/c19-14-7-9-16-15-8-6-13(12-4-2-1-3-5-12)10-17(15)20-18(16)11-14/h1-11,20H. The first-order valence-corrected chi connectivity index (χ1v) is 7.37. The first kappa shape index (κ1) is 11.7. The molecule has 4 rings (SSSR count). The van der Waals surface area contributed by atoms with Crippen molar-refractivity contribution in [1.82, 2.24) is 4.98 Å². The van der Waals surface area contributed by atoms with Gasteiger partial charge in [-0.2, -0.15) is 0 Å². The van der Waals surface area contributed by atoms with Crippen molar-refractivity contribution >= 4 is 37.7 Å². The highest BCUT2D eigenvalue weighted by atomic mass is 79.9. The molecule has 0 saturated heterocycles. The molecule has 0 bridgehead atoms. The average molecular weight is 322 g/mol. The van der Waals surface area contributed by atoms with Gasteiger partial charge in [0, 0.05) is 26.3 Å². The van der Waals surface area contributed by atoms with Crippen LogP contribution < -0.4 is 0 Å². The van der Waals surface area contributed by atoms with E-state index in [-0.39, 0.29) is 0 Å². The third-order valence-electron chi connectivity index (χ3n) is 3.67. The van der Waals surface area contributed by atoms with Gasteiger partial charge in [-0.15, -0.1) is 0 Å². The lowest BCUT2D eigenvalue weighted by atomic mass is 10.0. The van der Waals surface area contributed by atoms with Crippen molar-refractivity contribution in [3.8, 4) is 11.1 Å². The second kappa shape index (κ2) is 4.50. The quantitative estimate of drug-likeness (QED) is 0.459. The number of aromatic nitrogens is 1. The van der Waals surface area contributed by atoms with Crippen molar-refractivity contribution in [3.05, 3.63) is 71.2 Å². The van der Waals surface area contributed by atoms with Gasteiger partial charge in [-0.3, -0.25) is 0 Å². The molecule has 0 radical (unpaired) electrons. The van der Waals surface area contributed by atoms with Gasteiger partial charge in [0.2, 0.25) is 0 Å². The van der Waals surface area contributed by atoms with Crippen molar-refractivity contribution < 1.29 is 0 Å². The largest absolute Gasteiger partial charge is 0.354 e. The zero-order valence-electron chi connectivity index (χ0n) is 10.7. The molecule has 0 saturated carbocycles. The van der Waals surface area contributed by atoms with Crippen molar-refractivity contribution in [1.29, 1.82) is 0 Å². The summed E-state index contributed by atoms with van der Waals surface area (Å²) in [6.07, 6.45) is 0. The average Bonchev–Trinajstić information content (AvgIpc) is 2.84. The molecule has 1 N–H and O–H groups in total. The Kier molecular flexibility index (Phi) is 2.64. The van der Waals surface area contributed by atoms with Crippen molar-refractivity contribution in [2.24, 2.45) is 0 Å². The van der Waals surface area contributed by atoms with Crippen LogP contribution in [0, 0.1) is 0 Å². The van der Waals surface area contributed by atoms with E-state index in [0.29, 0.717) is 0 Å². The van der Waals surface area contributed by atoms with Gasteiger partial charge in [-0.1, -0.05) is 64.5 Å². The maximum atomic E-state index is 3.52. The molecule has 20 heavy (non-hydrogen) atoms. The fraction of sp³-hybridized carbons (Fsp3) is 0. The van der Waals surface area contributed by atoms with Crippen molar-refractivity contribution in [3.63, 3.8) is 0 Å². The maximum Gasteiger partial charge on any atom is 0.0476 e. The van der Waals surface area contributed by atoms with Crippen LogP contribution in [0.2, 0.25) is 0 Å². The highest BCUT2D eigenvalue weighted by Crippen LogP contribution is 2.30. The Bertz CT molecular complexity index is 907. The molecule has 0 amide bonds. The number of benzene rings is 3. The van der Waals surface area contributed by atoms with E-state index in [0.717, 1.165) is 4.47 Å². The van der Waals surface area contributed by atoms with Crippen LogP contribution in [0.25, 0.3) is 32.9 Å². The third-order valence-corrected chi connectivity index (χ3v) is 4.16. The summed E-state index contributed by atoms with van der Waals surface area (Å²) in [6.45, 7) is 0. The second-order valence-electron chi connectivity index (χ2n) is 4.94. The number of rotatable bonds is 1. The summed E-state index contributed by atoms with van der Waals surface area (Å²) in [7, 11) is 0. The predicted molar refractivity (Wildman–Crippen MR) is 88.9 cm³/mol. The first-order valence-electron chi connectivity index (χ1n) is 6.58. The number of H-pyrrole nitrogens is 1. The van der Waals surface area contributed by atoms with Gasteiger partial charge in [-0.05, 0) is 29.3 Å². The lowest BCUT2D eigenvalue weighted by Crippen LogP contribution is -1.76. The summed E-state index contributed by atoms with van der Waals surface area (Å²) in [6, 6.07) is 23.4. The molecule has 96 valence electrons. The smallest absolute Gasteiger partial charge is 0.0476 e. The molecule has 0 aliphatic rings. The topological polar surface area (TPSA) is 15.8 Å². The molecule has 1 nitrogen and oxygen atoms in total. The van der Waals surface area contributed by atoms with Gasteiger partial charge in [-0.25, -0.2) is 0 Å². The third kappa shape index (κ3) is 1.84. The summed E-state index contributed by atoms with van der Waals surface area (Å²) in [5, 5.41) is 2.54. The fourth-order valence-corrected chi connectivity index (χ4v) is 3.05. The van der Waals surface area contributed by atoms with Gasteiger partial charge in [0.1, 0.15) is 0 Å². The SMILES string of the molecule is Brc1ccc2c(c1)[nH]c1cc(-c3ccccc3)ccc12. The van der Waals surface area contributed by atoms with E-state index in [9.17, 15) is 0 Å². The molecular weight excluding hydrogens is 310 g/mol. The monoisotopic (exact) mass is 321 g/mol. The van der Waals surface area contributed by atoms with Crippen LogP contribution >= 0.6 is 15.9 Å². The number of nitrogens with one attached hydrogen (secondary N) is 1. The predicted octanol–water partition coefficient (Wildman–Crippen LogP) is 5.75. The molecule has 1 aromatic heterocycles. The van der Waals surface area contributed by atoms with Crippen LogP contribution in [0.15, 0.2) is 71.2 Å². The Labute approximate surface area is 125 Å². The summed E-state index contributed by atoms with van der Waals surface area (Å²) >= 11 is 3.52. The Morgan fingerprint density at radius 3 is 2.15 bits per heavy atom. The zero-order valence-corrected chi connectivity index (χ0v) is 12.3. The molecule has 0 atom stereocenters. The summed E-state index contributed by atoms with van der Waals surface area (Å²) < 4.78 is 1.10. The Hall–Kier alpha value is -2.06. The molecule has 0 fully saturated rings. The lowest BCUT2D eigenvalue weighted by molar-refractivity contribution is 1.53. The number of fused-ring (bicyclic) bond motifs is 3. The van der Waals surface area contributed by atoms with E-state index in [4.69, 9.17) is 0 Å². The first-order chi connectivity index (χ1) is 9.81. The molecule has 3 aromatic carbocycles. The van der Waals surface area contributed by atoms with E-state index in [2.05, 4.69) is 81.6 Å². The number of hydrogen-bond donors (Lipinski definition) is 1.